The van der Waals surface area contributed by atoms with Gasteiger partial charge in [-0.05, 0) is 11.5 Å². The Morgan fingerprint density at radius 3 is 2.85 bits per heavy atom. The molecule has 0 aliphatic carbocycles. The fourth-order valence-corrected chi connectivity index (χ4v) is 1.67. The van der Waals surface area contributed by atoms with Crippen molar-refractivity contribution in [2.24, 2.45) is 0 Å². The van der Waals surface area contributed by atoms with Crippen LogP contribution in [0.2, 0.25) is 0 Å². The standard InChI is InChI=1S/C11H13FO/c1-7(2)9-4-3-8-5-6-13-11(8)10(9)12/h3-4,7H,5-6H2,1-2H3. The fraction of sp³-hybridized carbons (Fsp3) is 0.455. The van der Waals surface area contributed by atoms with Crippen LogP contribution in [0.1, 0.15) is 30.9 Å². The molecule has 1 aliphatic rings. The molecule has 13 heavy (non-hydrogen) atoms. The lowest BCUT2D eigenvalue weighted by molar-refractivity contribution is 0.337. The molecule has 1 aromatic carbocycles. The Kier molecular flexibility index (Phi) is 1.98. The number of rotatable bonds is 1. The van der Waals surface area contributed by atoms with Gasteiger partial charge in [0.15, 0.2) is 11.6 Å². The van der Waals surface area contributed by atoms with E-state index in [0.29, 0.717) is 12.4 Å². The third-order valence-corrected chi connectivity index (χ3v) is 2.45. The summed E-state index contributed by atoms with van der Waals surface area (Å²) in [4.78, 5) is 0. The van der Waals surface area contributed by atoms with Crippen LogP contribution in [0.25, 0.3) is 0 Å². The molecule has 1 aliphatic heterocycles. The summed E-state index contributed by atoms with van der Waals surface area (Å²) < 4.78 is 18.9. The second-order valence-electron chi connectivity index (χ2n) is 3.71. The van der Waals surface area contributed by atoms with Gasteiger partial charge in [0.25, 0.3) is 0 Å². The molecule has 1 heterocycles. The number of hydrogen-bond acceptors (Lipinski definition) is 1. The Labute approximate surface area is 77.5 Å². The van der Waals surface area contributed by atoms with Gasteiger partial charge in [-0.2, -0.15) is 0 Å². The third kappa shape index (κ3) is 1.30. The van der Waals surface area contributed by atoms with E-state index in [1.807, 2.05) is 26.0 Å². The summed E-state index contributed by atoms with van der Waals surface area (Å²) in [5.74, 6) is 0.533. The molecule has 0 N–H and O–H groups in total. The minimum Gasteiger partial charge on any atom is -0.490 e. The van der Waals surface area contributed by atoms with Crippen molar-refractivity contribution in [1.29, 1.82) is 0 Å². The molecule has 0 fully saturated rings. The zero-order valence-electron chi connectivity index (χ0n) is 7.93. The Morgan fingerprint density at radius 2 is 2.15 bits per heavy atom. The first-order valence-corrected chi connectivity index (χ1v) is 4.64. The largest absolute Gasteiger partial charge is 0.490 e. The van der Waals surface area contributed by atoms with Crippen LogP contribution in [0.15, 0.2) is 12.1 Å². The second kappa shape index (κ2) is 3.02. The number of halogens is 1. The van der Waals surface area contributed by atoms with Crippen LogP contribution in [-0.2, 0) is 6.42 Å². The summed E-state index contributed by atoms with van der Waals surface area (Å²) >= 11 is 0. The number of fused-ring (bicyclic) bond motifs is 1. The monoisotopic (exact) mass is 180 g/mol. The fourth-order valence-electron chi connectivity index (χ4n) is 1.67. The highest BCUT2D eigenvalue weighted by Gasteiger charge is 2.20. The second-order valence-corrected chi connectivity index (χ2v) is 3.71. The SMILES string of the molecule is CC(C)c1ccc2c(c1F)OCC2. The summed E-state index contributed by atoms with van der Waals surface area (Å²) in [6, 6.07) is 3.84. The number of benzene rings is 1. The summed E-state index contributed by atoms with van der Waals surface area (Å²) in [5, 5.41) is 0. The Bertz CT molecular complexity index is 331. The Balaban J connectivity index is 2.52. The van der Waals surface area contributed by atoms with E-state index in [9.17, 15) is 4.39 Å². The molecule has 0 radical (unpaired) electrons. The molecule has 0 atom stereocenters. The molecule has 0 saturated carbocycles. The van der Waals surface area contributed by atoms with Gasteiger partial charge >= 0.3 is 0 Å². The topological polar surface area (TPSA) is 9.23 Å². The van der Waals surface area contributed by atoms with E-state index in [-0.39, 0.29) is 11.7 Å². The molecule has 0 aromatic heterocycles. The van der Waals surface area contributed by atoms with Gasteiger partial charge in [-0.3, -0.25) is 0 Å². The van der Waals surface area contributed by atoms with E-state index < -0.39 is 0 Å². The predicted molar refractivity (Wildman–Crippen MR) is 49.7 cm³/mol. The van der Waals surface area contributed by atoms with Gasteiger partial charge < -0.3 is 4.74 Å². The average molecular weight is 180 g/mol. The van der Waals surface area contributed by atoms with Crippen molar-refractivity contribution in [3.05, 3.63) is 29.1 Å². The van der Waals surface area contributed by atoms with E-state index in [4.69, 9.17) is 4.74 Å². The summed E-state index contributed by atoms with van der Waals surface area (Å²) in [6.45, 7) is 4.59. The maximum absolute atomic E-state index is 13.7. The summed E-state index contributed by atoms with van der Waals surface area (Å²) in [5.41, 5.74) is 1.75. The molecule has 2 rings (SSSR count). The molecule has 0 bridgehead atoms. The third-order valence-electron chi connectivity index (χ3n) is 2.45. The molecular formula is C11H13FO. The summed E-state index contributed by atoms with van der Waals surface area (Å²) in [7, 11) is 0. The smallest absolute Gasteiger partial charge is 0.168 e. The van der Waals surface area contributed by atoms with Crippen LogP contribution >= 0.6 is 0 Å². The Morgan fingerprint density at radius 1 is 1.38 bits per heavy atom. The van der Waals surface area contributed by atoms with E-state index >= 15 is 0 Å². The lowest BCUT2D eigenvalue weighted by atomic mass is 10.00. The minimum atomic E-state index is -0.162. The van der Waals surface area contributed by atoms with Crippen molar-refractivity contribution in [3.8, 4) is 5.75 Å². The summed E-state index contributed by atoms with van der Waals surface area (Å²) in [6.07, 6.45) is 0.838. The van der Waals surface area contributed by atoms with Crippen LogP contribution in [-0.4, -0.2) is 6.61 Å². The quantitative estimate of drug-likeness (QED) is 0.645. The average Bonchev–Trinajstić information content (AvgIpc) is 2.52. The molecule has 1 aromatic rings. The van der Waals surface area contributed by atoms with Crippen LogP contribution in [0.3, 0.4) is 0 Å². The van der Waals surface area contributed by atoms with Crippen LogP contribution in [0.4, 0.5) is 4.39 Å². The van der Waals surface area contributed by atoms with Gasteiger partial charge in [0.1, 0.15) is 0 Å². The van der Waals surface area contributed by atoms with Gasteiger partial charge in [0.2, 0.25) is 0 Å². The molecule has 1 nitrogen and oxygen atoms in total. The highest BCUT2D eigenvalue weighted by Crippen LogP contribution is 2.33. The maximum Gasteiger partial charge on any atom is 0.168 e. The first-order valence-electron chi connectivity index (χ1n) is 4.64. The molecule has 70 valence electrons. The Hall–Kier alpha value is -1.05. The highest BCUT2D eigenvalue weighted by molar-refractivity contribution is 5.42. The van der Waals surface area contributed by atoms with E-state index in [2.05, 4.69) is 0 Å². The molecular weight excluding hydrogens is 167 g/mol. The predicted octanol–water partition coefficient (Wildman–Crippen LogP) is 2.88. The van der Waals surface area contributed by atoms with E-state index in [1.54, 1.807) is 0 Å². The zero-order valence-corrected chi connectivity index (χ0v) is 7.93. The molecule has 0 unspecified atom stereocenters. The van der Waals surface area contributed by atoms with Crippen LogP contribution < -0.4 is 4.74 Å². The van der Waals surface area contributed by atoms with Gasteiger partial charge in [0.05, 0.1) is 6.61 Å². The van der Waals surface area contributed by atoms with Gasteiger partial charge in [-0.25, -0.2) is 4.39 Å². The maximum atomic E-state index is 13.7. The van der Waals surface area contributed by atoms with Crippen molar-refractivity contribution >= 4 is 0 Å². The van der Waals surface area contributed by atoms with Crippen molar-refractivity contribution in [1.82, 2.24) is 0 Å². The number of hydrogen-bond donors (Lipinski definition) is 0. The van der Waals surface area contributed by atoms with E-state index in [0.717, 1.165) is 17.5 Å². The van der Waals surface area contributed by atoms with Crippen LogP contribution in [0.5, 0.6) is 5.75 Å². The highest BCUT2D eigenvalue weighted by atomic mass is 19.1. The van der Waals surface area contributed by atoms with E-state index in [1.165, 1.54) is 0 Å². The number of ether oxygens (including phenoxy) is 1. The molecule has 0 saturated heterocycles. The van der Waals surface area contributed by atoms with Crippen molar-refractivity contribution in [2.75, 3.05) is 6.61 Å². The lowest BCUT2D eigenvalue weighted by Crippen LogP contribution is -1.96. The van der Waals surface area contributed by atoms with Gasteiger partial charge in [0, 0.05) is 12.0 Å². The lowest BCUT2D eigenvalue weighted by Gasteiger charge is -2.09. The molecule has 0 amide bonds. The first-order chi connectivity index (χ1) is 6.20. The van der Waals surface area contributed by atoms with Crippen LogP contribution in [0, 0.1) is 5.82 Å². The van der Waals surface area contributed by atoms with Gasteiger partial charge in [-0.1, -0.05) is 26.0 Å². The normalized spacial score (nSPS) is 14.5. The molecule has 0 spiro atoms. The van der Waals surface area contributed by atoms with Crippen molar-refractivity contribution in [3.63, 3.8) is 0 Å². The first kappa shape index (κ1) is 8.54. The zero-order chi connectivity index (χ0) is 9.42. The molecule has 2 heteroatoms. The van der Waals surface area contributed by atoms with Crippen molar-refractivity contribution in [2.45, 2.75) is 26.2 Å². The van der Waals surface area contributed by atoms with Crippen molar-refractivity contribution < 1.29 is 9.13 Å². The van der Waals surface area contributed by atoms with Gasteiger partial charge in [-0.15, -0.1) is 0 Å². The minimum absolute atomic E-state index is 0.162.